The third-order valence-electron chi connectivity index (χ3n) is 4.56. The van der Waals surface area contributed by atoms with Crippen LogP contribution in [0.1, 0.15) is 29.2 Å². The number of anilines is 1. The van der Waals surface area contributed by atoms with Crippen LogP contribution in [0.2, 0.25) is 0 Å². The van der Waals surface area contributed by atoms with Gasteiger partial charge in [0.15, 0.2) is 0 Å². The van der Waals surface area contributed by atoms with Crippen molar-refractivity contribution in [3.05, 3.63) is 89.6 Å². The van der Waals surface area contributed by atoms with Crippen molar-refractivity contribution in [1.29, 1.82) is 0 Å². The van der Waals surface area contributed by atoms with E-state index in [0.29, 0.717) is 0 Å². The van der Waals surface area contributed by atoms with Crippen molar-refractivity contribution in [2.45, 2.75) is 19.4 Å². The molecule has 0 amide bonds. The van der Waals surface area contributed by atoms with Crippen molar-refractivity contribution in [3.8, 4) is 5.75 Å². The summed E-state index contributed by atoms with van der Waals surface area (Å²) in [5, 5.41) is 17.0. The Morgan fingerprint density at radius 3 is 2.48 bits per heavy atom. The van der Waals surface area contributed by atoms with Gasteiger partial charge in [0.2, 0.25) is 0 Å². The van der Waals surface area contributed by atoms with Crippen LogP contribution in [0, 0.1) is 6.92 Å². The Balaban J connectivity index is 1.80. The third-order valence-corrected chi connectivity index (χ3v) is 4.56. The zero-order valence-corrected chi connectivity index (χ0v) is 14.0. The second-order valence-corrected chi connectivity index (χ2v) is 6.17. The van der Waals surface area contributed by atoms with Crippen molar-refractivity contribution >= 4 is 11.5 Å². The van der Waals surface area contributed by atoms with E-state index < -0.39 is 0 Å². The summed E-state index contributed by atoms with van der Waals surface area (Å²) in [6.07, 6.45) is 2.50. The van der Waals surface area contributed by atoms with E-state index in [-0.39, 0.29) is 11.8 Å². The molecule has 2 aromatic carbocycles. The van der Waals surface area contributed by atoms with Gasteiger partial charge in [-0.25, -0.2) is 9.99 Å². The summed E-state index contributed by atoms with van der Waals surface area (Å²) in [5.74, 6) is 1.06. The Bertz CT molecular complexity index is 921. The van der Waals surface area contributed by atoms with Gasteiger partial charge in [0.05, 0.1) is 11.8 Å². The molecule has 1 aliphatic heterocycles. The van der Waals surface area contributed by atoms with Crippen LogP contribution in [0.25, 0.3) is 0 Å². The second kappa shape index (κ2) is 6.40. The number of nitrogens with zero attached hydrogens (tertiary/aromatic N) is 3. The van der Waals surface area contributed by atoms with Gasteiger partial charge in [-0.3, -0.25) is 0 Å². The maximum atomic E-state index is 10.2. The molecule has 0 aliphatic carbocycles. The van der Waals surface area contributed by atoms with Gasteiger partial charge in [-0.15, -0.1) is 0 Å². The number of hydrogen-bond acceptors (Lipinski definition) is 4. The smallest absolute Gasteiger partial charge is 0.149 e. The van der Waals surface area contributed by atoms with E-state index >= 15 is 0 Å². The van der Waals surface area contributed by atoms with E-state index in [1.807, 2.05) is 47.5 Å². The predicted octanol–water partition coefficient (Wildman–Crippen LogP) is 4.45. The van der Waals surface area contributed by atoms with E-state index in [0.717, 1.165) is 23.5 Å². The molecule has 1 unspecified atom stereocenters. The standard InChI is InChI=1S/C21H19N3O/c1-15-8-2-3-9-16(15)19-14-18(17-10-4-5-11-20(17)25)23-24(19)21-12-6-7-13-22-21/h2-13,19,25H,14H2,1H3. The predicted molar refractivity (Wildman–Crippen MR) is 99.9 cm³/mol. The van der Waals surface area contributed by atoms with Crippen molar-refractivity contribution in [2.24, 2.45) is 5.10 Å². The summed E-state index contributed by atoms with van der Waals surface area (Å²) >= 11 is 0. The number of benzene rings is 2. The van der Waals surface area contributed by atoms with E-state index in [9.17, 15) is 5.11 Å². The Labute approximate surface area is 147 Å². The van der Waals surface area contributed by atoms with Gasteiger partial charge in [-0.05, 0) is 42.3 Å². The zero-order chi connectivity index (χ0) is 17.2. The normalized spacial score (nSPS) is 16.8. The van der Waals surface area contributed by atoms with Crippen molar-refractivity contribution in [1.82, 2.24) is 4.98 Å². The maximum Gasteiger partial charge on any atom is 0.149 e. The lowest BCUT2D eigenvalue weighted by molar-refractivity contribution is 0.474. The lowest BCUT2D eigenvalue weighted by Gasteiger charge is -2.24. The molecule has 4 heteroatoms. The van der Waals surface area contributed by atoms with Crippen LogP contribution in [0.3, 0.4) is 0 Å². The highest BCUT2D eigenvalue weighted by Gasteiger charge is 2.32. The van der Waals surface area contributed by atoms with Gasteiger partial charge in [-0.1, -0.05) is 42.5 Å². The van der Waals surface area contributed by atoms with Crippen LogP contribution >= 0.6 is 0 Å². The number of hydrazone groups is 1. The molecular formula is C21H19N3O. The summed E-state index contributed by atoms with van der Waals surface area (Å²) in [7, 11) is 0. The highest BCUT2D eigenvalue weighted by atomic mass is 16.3. The van der Waals surface area contributed by atoms with Gasteiger partial charge in [0.1, 0.15) is 11.6 Å². The van der Waals surface area contributed by atoms with E-state index in [1.54, 1.807) is 12.3 Å². The monoisotopic (exact) mass is 329 g/mol. The van der Waals surface area contributed by atoms with E-state index in [1.165, 1.54) is 11.1 Å². The minimum Gasteiger partial charge on any atom is -0.507 e. The molecule has 124 valence electrons. The highest BCUT2D eigenvalue weighted by molar-refractivity contribution is 6.05. The largest absolute Gasteiger partial charge is 0.507 e. The van der Waals surface area contributed by atoms with E-state index in [4.69, 9.17) is 5.10 Å². The number of phenols is 1. The number of para-hydroxylation sites is 1. The first-order valence-corrected chi connectivity index (χ1v) is 8.35. The number of hydrogen-bond donors (Lipinski definition) is 1. The molecule has 4 nitrogen and oxygen atoms in total. The van der Waals surface area contributed by atoms with Crippen molar-refractivity contribution < 1.29 is 5.11 Å². The molecule has 0 saturated heterocycles. The molecule has 2 heterocycles. The Morgan fingerprint density at radius 2 is 1.72 bits per heavy atom. The van der Waals surface area contributed by atoms with Gasteiger partial charge in [0.25, 0.3) is 0 Å². The van der Waals surface area contributed by atoms with E-state index in [2.05, 4.69) is 30.1 Å². The van der Waals surface area contributed by atoms with Crippen LogP contribution in [-0.2, 0) is 0 Å². The van der Waals surface area contributed by atoms with Crippen molar-refractivity contribution in [3.63, 3.8) is 0 Å². The van der Waals surface area contributed by atoms with Gasteiger partial charge in [0, 0.05) is 18.2 Å². The molecule has 0 bridgehead atoms. The number of pyridine rings is 1. The number of phenolic OH excluding ortho intramolecular Hbond substituents is 1. The lowest BCUT2D eigenvalue weighted by Crippen LogP contribution is -2.20. The lowest BCUT2D eigenvalue weighted by atomic mass is 9.95. The number of rotatable bonds is 3. The molecule has 1 atom stereocenters. The average molecular weight is 329 g/mol. The minimum absolute atomic E-state index is 0.0608. The summed E-state index contributed by atoms with van der Waals surface area (Å²) in [6, 6.07) is 21.6. The summed E-state index contributed by atoms with van der Waals surface area (Å²) in [6.45, 7) is 2.11. The van der Waals surface area contributed by atoms with Crippen molar-refractivity contribution in [2.75, 3.05) is 5.01 Å². The van der Waals surface area contributed by atoms with Crippen LogP contribution in [-0.4, -0.2) is 15.8 Å². The molecule has 0 fully saturated rings. The summed E-state index contributed by atoms with van der Waals surface area (Å²) in [4.78, 5) is 4.47. The van der Waals surface area contributed by atoms with Gasteiger partial charge in [-0.2, -0.15) is 5.10 Å². The topological polar surface area (TPSA) is 48.7 Å². The maximum absolute atomic E-state index is 10.2. The molecule has 0 radical (unpaired) electrons. The second-order valence-electron chi connectivity index (χ2n) is 6.17. The number of aromatic hydroxyl groups is 1. The van der Waals surface area contributed by atoms with Crippen LogP contribution < -0.4 is 5.01 Å². The minimum atomic E-state index is 0.0608. The fourth-order valence-corrected chi connectivity index (χ4v) is 3.29. The zero-order valence-electron chi connectivity index (χ0n) is 14.0. The molecule has 1 N–H and O–H groups in total. The number of aromatic nitrogens is 1. The summed E-state index contributed by atoms with van der Waals surface area (Å²) in [5.41, 5.74) is 4.10. The first kappa shape index (κ1) is 15.4. The molecule has 1 aromatic heterocycles. The fourth-order valence-electron chi connectivity index (χ4n) is 3.29. The first-order valence-electron chi connectivity index (χ1n) is 8.35. The first-order chi connectivity index (χ1) is 12.2. The molecule has 25 heavy (non-hydrogen) atoms. The average Bonchev–Trinajstić information content (AvgIpc) is 3.08. The number of aryl methyl sites for hydroxylation is 1. The molecule has 0 spiro atoms. The Kier molecular flexibility index (Phi) is 3.94. The molecule has 3 aromatic rings. The third kappa shape index (κ3) is 2.87. The fraction of sp³-hybridized carbons (Fsp3) is 0.143. The SMILES string of the molecule is Cc1ccccc1C1CC(c2ccccc2O)=NN1c1ccccn1. The highest BCUT2D eigenvalue weighted by Crippen LogP contribution is 2.38. The van der Waals surface area contributed by atoms with Gasteiger partial charge >= 0.3 is 0 Å². The molecular weight excluding hydrogens is 310 g/mol. The molecule has 0 saturated carbocycles. The van der Waals surface area contributed by atoms with Crippen LogP contribution in [0.4, 0.5) is 5.82 Å². The molecule has 1 aliphatic rings. The van der Waals surface area contributed by atoms with Gasteiger partial charge < -0.3 is 5.11 Å². The quantitative estimate of drug-likeness (QED) is 0.772. The Morgan fingerprint density at radius 1 is 0.960 bits per heavy atom. The Hall–Kier alpha value is -3.14. The van der Waals surface area contributed by atoms with Crippen LogP contribution in [0.15, 0.2) is 78.0 Å². The molecule has 4 rings (SSSR count). The summed E-state index contributed by atoms with van der Waals surface area (Å²) < 4.78 is 0. The van der Waals surface area contributed by atoms with Crippen LogP contribution in [0.5, 0.6) is 5.75 Å².